The fourth-order valence-electron chi connectivity index (χ4n) is 2.04. The molecule has 0 radical (unpaired) electrons. The summed E-state index contributed by atoms with van der Waals surface area (Å²) in [6.07, 6.45) is 1.07. The molecule has 0 aliphatic carbocycles. The average Bonchev–Trinajstić information content (AvgIpc) is 2.45. The van der Waals surface area contributed by atoms with E-state index in [2.05, 4.69) is 30.3 Å². The van der Waals surface area contributed by atoms with Crippen LogP contribution in [-0.4, -0.2) is 44.8 Å². The van der Waals surface area contributed by atoms with Crippen LogP contribution in [0, 0.1) is 0 Å². The number of rotatable bonds is 10. The van der Waals surface area contributed by atoms with Crippen molar-refractivity contribution in [2.45, 2.75) is 26.3 Å². The summed E-state index contributed by atoms with van der Waals surface area (Å²) in [5, 5.41) is 4.25. The van der Waals surface area contributed by atoms with Gasteiger partial charge in [-0.05, 0) is 51.6 Å². The maximum absolute atomic E-state index is 6.04. The molecule has 1 aromatic carbocycles. The number of halogens is 1. The number of benzene rings is 1. The predicted molar refractivity (Wildman–Crippen MR) is 86.5 cm³/mol. The topological polar surface area (TPSA) is 24.5 Å². The van der Waals surface area contributed by atoms with E-state index in [-0.39, 0.29) is 0 Å². The molecule has 0 aliphatic heterocycles. The molecule has 0 saturated carbocycles. The molecule has 1 atom stereocenters. The molecule has 1 rings (SSSR count). The molecule has 4 heteroatoms. The minimum Gasteiger partial charge on any atom is -0.382 e. The minimum atomic E-state index is 0.374. The molecule has 0 amide bonds. The molecular weight excluding hydrogens is 272 g/mol. The van der Waals surface area contributed by atoms with Gasteiger partial charge in [0.25, 0.3) is 0 Å². The second-order valence-corrected chi connectivity index (χ2v) is 5.45. The second kappa shape index (κ2) is 10.2. The van der Waals surface area contributed by atoms with Crippen molar-refractivity contribution < 1.29 is 4.74 Å². The van der Waals surface area contributed by atoms with E-state index in [4.69, 9.17) is 16.3 Å². The maximum Gasteiger partial charge on any atom is 0.0477 e. The Morgan fingerprint density at radius 3 is 2.85 bits per heavy atom. The lowest BCUT2D eigenvalue weighted by Gasteiger charge is -2.25. The zero-order chi connectivity index (χ0) is 14.8. The first-order chi connectivity index (χ1) is 9.65. The Hall–Kier alpha value is -0.610. The molecule has 1 unspecified atom stereocenters. The molecule has 20 heavy (non-hydrogen) atoms. The van der Waals surface area contributed by atoms with E-state index in [0.717, 1.165) is 44.3 Å². The fourth-order valence-corrected chi connectivity index (χ4v) is 2.24. The number of hydrogen-bond donors (Lipinski definition) is 1. The number of nitrogens with one attached hydrogen (secondary N) is 1. The molecular formula is C16H27ClN2O. The zero-order valence-electron chi connectivity index (χ0n) is 12.9. The number of likely N-dealkylation sites (N-methyl/N-ethyl adjacent to an activating group) is 1. The lowest BCUT2D eigenvalue weighted by molar-refractivity contribution is 0.144. The molecule has 0 bridgehead atoms. The van der Waals surface area contributed by atoms with Gasteiger partial charge >= 0.3 is 0 Å². The van der Waals surface area contributed by atoms with Gasteiger partial charge in [0, 0.05) is 37.4 Å². The van der Waals surface area contributed by atoms with Crippen LogP contribution < -0.4 is 5.32 Å². The third kappa shape index (κ3) is 6.71. The highest BCUT2D eigenvalue weighted by Crippen LogP contribution is 2.21. The molecule has 3 nitrogen and oxygen atoms in total. The molecule has 1 N–H and O–H groups in total. The van der Waals surface area contributed by atoms with Crippen molar-refractivity contribution in [3.05, 3.63) is 34.9 Å². The summed E-state index contributed by atoms with van der Waals surface area (Å²) in [7, 11) is 2.15. The molecule has 0 aromatic heterocycles. The van der Waals surface area contributed by atoms with Crippen LogP contribution in [0.1, 0.15) is 31.9 Å². The van der Waals surface area contributed by atoms with Crippen LogP contribution in [-0.2, 0) is 4.74 Å². The predicted octanol–water partition coefficient (Wildman–Crippen LogP) is 3.35. The Balaban J connectivity index is 2.20. The second-order valence-electron chi connectivity index (χ2n) is 5.01. The Labute approximate surface area is 128 Å². The van der Waals surface area contributed by atoms with Gasteiger partial charge in [-0.25, -0.2) is 0 Å². The van der Waals surface area contributed by atoms with Gasteiger partial charge in [-0.2, -0.15) is 0 Å². The summed E-state index contributed by atoms with van der Waals surface area (Å²) in [5.74, 6) is 0. The van der Waals surface area contributed by atoms with Gasteiger partial charge in [0.05, 0.1) is 0 Å². The first kappa shape index (κ1) is 17.4. The summed E-state index contributed by atoms with van der Waals surface area (Å²) in [4.78, 5) is 2.33. The Bertz CT molecular complexity index is 373. The van der Waals surface area contributed by atoms with Crippen LogP contribution in [0.2, 0.25) is 5.02 Å². The lowest BCUT2D eigenvalue weighted by Crippen LogP contribution is -2.31. The first-order valence-corrected chi connectivity index (χ1v) is 7.77. The molecule has 1 aromatic rings. The Morgan fingerprint density at radius 1 is 1.35 bits per heavy atom. The lowest BCUT2D eigenvalue weighted by atomic mass is 10.1. The third-order valence-electron chi connectivity index (χ3n) is 3.48. The van der Waals surface area contributed by atoms with Gasteiger partial charge in [-0.15, -0.1) is 0 Å². The van der Waals surface area contributed by atoms with Crippen LogP contribution in [0.25, 0.3) is 0 Å². The van der Waals surface area contributed by atoms with E-state index in [1.807, 2.05) is 25.1 Å². The summed E-state index contributed by atoms with van der Waals surface area (Å²) in [6.45, 7) is 8.91. The number of hydrogen-bond acceptors (Lipinski definition) is 3. The molecule has 0 spiro atoms. The van der Waals surface area contributed by atoms with Gasteiger partial charge in [0.15, 0.2) is 0 Å². The van der Waals surface area contributed by atoms with Gasteiger partial charge in [0.1, 0.15) is 0 Å². The molecule has 0 aliphatic rings. The van der Waals surface area contributed by atoms with Crippen LogP contribution >= 0.6 is 11.6 Å². The van der Waals surface area contributed by atoms with E-state index < -0.39 is 0 Å². The third-order valence-corrected chi connectivity index (χ3v) is 3.71. The van der Waals surface area contributed by atoms with Gasteiger partial charge < -0.3 is 10.1 Å². The maximum atomic E-state index is 6.04. The highest BCUT2D eigenvalue weighted by Gasteiger charge is 2.11. The number of ether oxygens (including phenoxy) is 1. The SMILES string of the molecule is CCOCCCNCCN(C)C(C)c1cccc(Cl)c1. The summed E-state index contributed by atoms with van der Waals surface area (Å²) < 4.78 is 5.31. The Morgan fingerprint density at radius 2 is 2.15 bits per heavy atom. The van der Waals surface area contributed by atoms with E-state index in [9.17, 15) is 0 Å². The van der Waals surface area contributed by atoms with E-state index >= 15 is 0 Å². The largest absolute Gasteiger partial charge is 0.382 e. The summed E-state index contributed by atoms with van der Waals surface area (Å²) in [6, 6.07) is 8.46. The van der Waals surface area contributed by atoms with Crippen LogP contribution in [0.5, 0.6) is 0 Å². The molecule has 0 heterocycles. The number of nitrogens with zero attached hydrogens (tertiary/aromatic N) is 1. The molecule has 0 saturated heterocycles. The van der Waals surface area contributed by atoms with Crippen LogP contribution in [0.3, 0.4) is 0 Å². The quantitative estimate of drug-likeness (QED) is 0.671. The highest BCUT2D eigenvalue weighted by molar-refractivity contribution is 6.30. The fraction of sp³-hybridized carbons (Fsp3) is 0.625. The van der Waals surface area contributed by atoms with Crippen molar-refractivity contribution in [3.8, 4) is 0 Å². The smallest absolute Gasteiger partial charge is 0.0477 e. The van der Waals surface area contributed by atoms with E-state index in [1.165, 1.54) is 5.56 Å². The van der Waals surface area contributed by atoms with Crippen molar-refractivity contribution >= 4 is 11.6 Å². The Kier molecular flexibility index (Phi) is 8.86. The molecule has 114 valence electrons. The zero-order valence-corrected chi connectivity index (χ0v) is 13.6. The minimum absolute atomic E-state index is 0.374. The van der Waals surface area contributed by atoms with Gasteiger partial charge in [-0.1, -0.05) is 23.7 Å². The standard InChI is InChI=1S/C16H27ClN2O/c1-4-20-12-6-9-18-10-11-19(3)14(2)15-7-5-8-16(17)13-15/h5,7-8,13-14,18H,4,6,9-12H2,1-3H3. The average molecular weight is 299 g/mol. The van der Waals surface area contributed by atoms with Crippen molar-refractivity contribution in [2.75, 3.05) is 39.9 Å². The van der Waals surface area contributed by atoms with Crippen molar-refractivity contribution in [2.24, 2.45) is 0 Å². The van der Waals surface area contributed by atoms with Crippen LogP contribution in [0.15, 0.2) is 24.3 Å². The van der Waals surface area contributed by atoms with Gasteiger partial charge in [-0.3, -0.25) is 4.90 Å². The normalized spacial score (nSPS) is 12.8. The summed E-state index contributed by atoms with van der Waals surface area (Å²) in [5.41, 5.74) is 1.26. The van der Waals surface area contributed by atoms with Crippen molar-refractivity contribution in [1.82, 2.24) is 10.2 Å². The van der Waals surface area contributed by atoms with Crippen molar-refractivity contribution in [3.63, 3.8) is 0 Å². The highest BCUT2D eigenvalue weighted by atomic mass is 35.5. The van der Waals surface area contributed by atoms with Crippen molar-refractivity contribution in [1.29, 1.82) is 0 Å². The van der Waals surface area contributed by atoms with E-state index in [1.54, 1.807) is 0 Å². The van der Waals surface area contributed by atoms with Gasteiger partial charge in [0.2, 0.25) is 0 Å². The monoisotopic (exact) mass is 298 g/mol. The molecule has 0 fully saturated rings. The van der Waals surface area contributed by atoms with Crippen LogP contribution in [0.4, 0.5) is 0 Å². The van der Waals surface area contributed by atoms with E-state index in [0.29, 0.717) is 6.04 Å². The first-order valence-electron chi connectivity index (χ1n) is 7.39. The summed E-state index contributed by atoms with van der Waals surface area (Å²) >= 11 is 6.04.